The SMILES string of the molecule is CC(=O)[C@H]1CC[C@H]2[C@@H]3CC=C4CC(O)CC[C@]4(C)[C@H]3C(C)C[C@]12C. The maximum Gasteiger partial charge on any atom is 0.133 e. The fourth-order valence-electron chi connectivity index (χ4n) is 8.02. The van der Waals surface area contributed by atoms with Crippen molar-refractivity contribution in [1.82, 2.24) is 0 Å². The molecule has 2 heteroatoms. The lowest BCUT2D eigenvalue weighted by molar-refractivity contribution is -0.130. The first-order valence-corrected chi connectivity index (χ1v) is 10.2. The molecule has 0 heterocycles. The van der Waals surface area contributed by atoms with Crippen LogP contribution in [0, 0.1) is 40.4 Å². The molecule has 2 unspecified atom stereocenters. The molecule has 0 aromatic heterocycles. The third-order valence-corrected chi connectivity index (χ3v) is 8.81. The molecule has 2 nitrogen and oxygen atoms in total. The second kappa shape index (κ2) is 5.43. The van der Waals surface area contributed by atoms with Crippen LogP contribution in [0.15, 0.2) is 11.6 Å². The van der Waals surface area contributed by atoms with Crippen LogP contribution in [-0.4, -0.2) is 17.0 Å². The number of hydrogen-bond acceptors (Lipinski definition) is 2. The van der Waals surface area contributed by atoms with E-state index in [2.05, 4.69) is 26.8 Å². The van der Waals surface area contributed by atoms with Crippen molar-refractivity contribution in [3.8, 4) is 0 Å². The van der Waals surface area contributed by atoms with Crippen molar-refractivity contribution in [1.29, 1.82) is 0 Å². The van der Waals surface area contributed by atoms with E-state index in [-0.39, 0.29) is 22.9 Å². The maximum absolute atomic E-state index is 12.3. The summed E-state index contributed by atoms with van der Waals surface area (Å²) in [6.07, 6.45) is 10.1. The van der Waals surface area contributed by atoms with E-state index < -0.39 is 0 Å². The summed E-state index contributed by atoms with van der Waals surface area (Å²) in [7, 11) is 0. The van der Waals surface area contributed by atoms with Crippen molar-refractivity contribution in [3.05, 3.63) is 11.6 Å². The highest BCUT2D eigenvalue weighted by Crippen LogP contribution is 2.67. The lowest BCUT2D eigenvalue weighted by Gasteiger charge is -2.60. The van der Waals surface area contributed by atoms with Crippen LogP contribution >= 0.6 is 0 Å². The minimum absolute atomic E-state index is 0.126. The van der Waals surface area contributed by atoms with Crippen molar-refractivity contribution >= 4 is 5.78 Å². The molecule has 0 saturated heterocycles. The highest BCUT2D eigenvalue weighted by molar-refractivity contribution is 5.79. The molecule has 3 saturated carbocycles. The first-order chi connectivity index (χ1) is 11.3. The molecule has 0 aliphatic heterocycles. The van der Waals surface area contributed by atoms with Gasteiger partial charge in [0.25, 0.3) is 0 Å². The molecule has 1 N–H and O–H groups in total. The number of allylic oxidation sites excluding steroid dienone is 1. The van der Waals surface area contributed by atoms with Gasteiger partial charge >= 0.3 is 0 Å². The van der Waals surface area contributed by atoms with E-state index in [1.54, 1.807) is 5.57 Å². The molecule has 134 valence electrons. The van der Waals surface area contributed by atoms with Gasteiger partial charge in [0.1, 0.15) is 5.78 Å². The quantitative estimate of drug-likeness (QED) is 0.704. The number of carbonyl (C=O) groups is 1. The third-order valence-electron chi connectivity index (χ3n) is 8.81. The van der Waals surface area contributed by atoms with Gasteiger partial charge in [-0.15, -0.1) is 0 Å². The van der Waals surface area contributed by atoms with Crippen LogP contribution in [0.1, 0.15) is 72.6 Å². The van der Waals surface area contributed by atoms with Crippen molar-refractivity contribution in [2.75, 3.05) is 0 Å². The largest absolute Gasteiger partial charge is 0.393 e. The molecule has 0 spiro atoms. The van der Waals surface area contributed by atoms with Crippen LogP contribution in [0.25, 0.3) is 0 Å². The monoisotopic (exact) mass is 330 g/mol. The van der Waals surface area contributed by atoms with Gasteiger partial charge in [0.15, 0.2) is 0 Å². The van der Waals surface area contributed by atoms with Crippen LogP contribution in [0.3, 0.4) is 0 Å². The van der Waals surface area contributed by atoms with E-state index in [1.165, 1.54) is 19.3 Å². The Morgan fingerprint density at radius 2 is 2.00 bits per heavy atom. The van der Waals surface area contributed by atoms with Gasteiger partial charge in [-0.1, -0.05) is 32.4 Å². The number of fused-ring (bicyclic) bond motifs is 5. The van der Waals surface area contributed by atoms with E-state index in [9.17, 15) is 9.90 Å². The number of Topliss-reactive ketones (excluding diaryl/α,β-unsaturated/α-hetero) is 1. The molecule has 4 aliphatic rings. The zero-order valence-electron chi connectivity index (χ0n) is 15.8. The first kappa shape index (κ1) is 16.8. The fraction of sp³-hybridized carbons (Fsp3) is 0.864. The van der Waals surface area contributed by atoms with E-state index in [0.29, 0.717) is 17.6 Å². The minimum Gasteiger partial charge on any atom is -0.393 e. The number of aliphatic hydroxyl groups excluding tert-OH is 1. The van der Waals surface area contributed by atoms with Crippen molar-refractivity contribution in [3.63, 3.8) is 0 Å². The lowest BCUT2D eigenvalue weighted by Crippen LogP contribution is -2.54. The number of aliphatic hydroxyl groups is 1. The normalized spacial score (nSPS) is 53.6. The molecular formula is C22H34O2. The predicted molar refractivity (Wildman–Crippen MR) is 96.4 cm³/mol. The van der Waals surface area contributed by atoms with Gasteiger partial charge in [-0.25, -0.2) is 0 Å². The van der Waals surface area contributed by atoms with Gasteiger partial charge in [0, 0.05) is 5.92 Å². The van der Waals surface area contributed by atoms with E-state index in [0.717, 1.165) is 37.5 Å². The Kier molecular flexibility index (Phi) is 3.81. The van der Waals surface area contributed by atoms with Crippen molar-refractivity contribution < 1.29 is 9.90 Å². The Morgan fingerprint density at radius 1 is 1.25 bits per heavy atom. The van der Waals surface area contributed by atoms with Crippen LogP contribution in [0.2, 0.25) is 0 Å². The number of hydrogen-bond donors (Lipinski definition) is 1. The van der Waals surface area contributed by atoms with Gasteiger partial charge in [-0.3, -0.25) is 4.79 Å². The number of ketones is 1. The summed E-state index contributed by atoms with van der Waals surface area (Å²) < 4.78 is 0. The van der Waals surface area contributed by atoms with E-state index >= 15 is 0 Å². The second-order valence-corrected chi connectivity index (χ2v) is 10.0. The average Bonchev–Trinajstić information content (AvgIpc) is 2.84. The summed E-state index contributed by atoms with van der Waals surface area (Å²) in [6, 6.07) is 0. The molecular weight excluding hydrogens is 296 g/mol. The molecule has 0 amide bonds. The van der Waals surface area contributed by atoms with Crippen LogP contribution < -0.4 is 0 Å². The molecule has 24 heavy (non-hydrogen) atoms. The standard InChI is InChI=1S/C22H34O2/c1-13-12-22(4)18(14(2)23)7-8-19(22)17-6-5-15-11-16(24)9-10-21(15,3)20(13)17/h5,13,16-20,24H,6-12H2,1-4H3/t13?,16?,17-,18+,19-,20-,21-,22+/m0/s1. The topological polar surface area (TPSA) is 37.3 Å². The van der Waals surface area contributed by atoms with E-state index in [1.807, 2.05) is 6.92 Å². The number of rotatable bonds is 1. The van der Waals surface area contributed by atoms with Crippen LogP contribution in [0.4, 0.5) is 0 Å². The first-order valence-electron chi connectivity index (χ1n) is 10.2. The predicted octanol–water partition coefficient (Wildman–Crippen LogP) is 4.76. The number of carbonyl (C=O) groups excluding carboxylic acids is 1. The van der Waals surface area contributed by atoms with Crippen molar-refractivity contribution in [2.45, 2.75) is 78.7 Å². The Labute approximate surface area is 147 Å². The Morgan fingerprint density at radius 3 is 2.71 bits per heavy atom. The molecule has 0 aromatic carbocycles. The summed E-state index contributed by atoms with van der Waals surface area (Å²) in [5.41, 5.74) is 2.05. The van der Waals surface area contributed by atoms with Crippen LogP contribution in [-0.2, 0) is 4.79 Å². The van der Waals surface area contributed by atoms with Gasteiger partial charge in [-0.2, -0.15) is 0 Å². The molecule has 0 radical (unpaired) electrons. The zero-order valence-corrected chi connectivity index (χ0v) is 15.8. The molecule has 3 fully saturated rings. The van der Waals surface area contributed by atoms with E-state index in [4.69, 9.17) is 0 Å². The van der Waals surface area contributed by atoms with Gasteiger partial charge < -0.3 is 5.11 Å². The molecule has 0 aromatic rings. The Bertz CT molecular complexity index is 579. The van der Waals surface area contributed by atoms with Crippen molar-refractivity contribution in [2.24, 2.45) is 40.4 Å². The van der Waals surface area contributed by atoms with Gasteiger partial charge in [0.2, 0.25) is 0 Å². The summed E-state index contributed by atoms with van der Waals surface area (Å²) in [5, 5.41) is 10.1. The molecule has 8 atom stereocenters. The fourth-order valence-corrected chi connectivity index (χ4v) is 8.02. The highest BCUT2D eigenvalue weighted by atomic mass is 16.3. The van der Waals surface area contributed by atoms with Crippen LogP contribution in [0.5, 0.6) is 0 Å². The zero-order chi connectivity index (χ0) is 17.3. The average molecular weight is 331 g/mol. The summed E-state index contributed by atoms with van der Waals surface area (Å²) >= 11 is 0. The molecule has 0 bridgehead atoms. The van der Waals surface area contributed by atoms with Gasteiger partial charge in [-0.05, 0) is 86.4 Å². The summed E-state index contributed by atoms with van der Waals surface area (Å²) in [6.45, 7) is 9.18. The summed E-state index contributed by atoms with van der Waals surface area (Å²) in [4.78, 5) is 12.3. The Hall–Kier alpha value is -0.630. The highest BCUT2D eigenvalue weighted by Gasteiger charge is 2.61. The second-order valence-electron chi connectivity index (χ2n) is 10.0. The molecule has 4 aliphatic carbocycles. The Balaban J connectivity index is 1.71. The third kappa shape index (κ3) is 2.14. The smallest absolute Gasteiger partial charge is 0.133 e. The lowest BCUT2D eigenvalue weighted by atomic mass is 9.44. The maximum atomic E-state index is 12.3. The molecule has 4 rings (SSSR count). The summed E-state index contributed by atoms with van der Waals surface area (Å²) in [5.74, 6) is 3.59. The minimum atomic E-state index is -0.126. The van der Waals surface area contributed by atoms with Gasteiger partial charge in [0.05, 0.1) is 6.10 Å².